The van der Waals surface area contributed by atoms with Crippen molar-refractivity contribution in [1.29, 1.82) is 0 Å². The molecule has 0 atom stereocenters. The van der Waals surface area contributed by atoms with Crippen LogP contribution in [0.3, 0.4) is 0 Å². The molecule has 5 nitrogen and oxygen atoms in total. The smallest absolute Gasteiger partial charge is 0.286 e. The molecule has 0 spiro atoms. The van der Waals surface area contributed by atoms with Crippen molar-refractivity contribution in [1.82, 2.24) is 9.97 Å². The molecule has 0 unspecified atom stereocenters. The lowest BCUT2D eigenvalue weighted by molar-refractivity contribution is 0.0993. The summed E-state index contributed by atoms with van der Waals surface area (Å²) in [6.07, 6.45) is 0. The van der Waals surface area contributed by atoms with E-state index in [9.17, 15) is 4.79 Å². The SMILES string of the molecule is Cc1csc(N(C(=O)c2nc(-c3ccccc3)oc2C)c2ccccc2)n1. The number of carbonyl (C=O) groups is 1. The van der Waals surface area contributed by atoms with Gasteiger partial charge >= 0.3 is 0 Å². The predicted octanol–water partition coefficient (Wildman–Crippen LogP) is 5.39. The molecule has 1 amide bonds. The van der Waals surface area contributed by atoms with Crippen molar-refractivity contribution in [2.75, 3.05) is 4.90 Å². The number of para-hydroxylation sites is 1. The zero-order chi connectivity index (χ0) is 18.8. The average molecular weight is 375 g/mol. The summed E-state index contributed by atoms with van der Waals surface area (Å²) >= 11 is 1.42. The van der Waals surface area contributed by atoms with E-state index < -0.39 is 0 Å². The molecule has 0 aliphatic carbocycles. The molecule has 0 radical (unpaired) electrons. The highest BCUT2D eigenvalue weighted by Crippen LogP contribution is 2.31. The fourth-order valence-corrected chi connectivity index (χ4v) is 3.56. The lowest BCUT2D eigenvalue weighted by atomic mass is 10.2. The van der Waals surface area contributed by atoms with Crippen molar-refractivity contribution in [2.24, 2.45) is 0 Å². The first-order valence-electron chi connectivity index (χ1n) is 8.48. The van der Waals surface area contributed by atoms with Crippen LogP contribution in [0.1, 0.15) is 21.9 Å². The maximum Gasteiger partial charge on any atom is 0.286 e. The van der Waals surface area contributed by atoms with Crippen LogP contribution in [-0.2, 0) is 0 Å². The van der Waals surface area contributed by atoms with Crippen LogP contribution < -0.4 is 4.90 Å². The Morgan fingerprint density at radius 3 is 2.26 bits per heavy atom. The second-order valence-electron chi connectivity index (χ2n) is 6.04. The highest BCUT2D eigenvalue weighted by molar-refractivity contribution is 7.14. The van der Waals surface area contributed by atoms with E-state index in [2.05, 4.69) is 9.97 Å². The first kappa shape index (κ1) is 17.2. The summed E-state index contributed by atoms with van der Waals surface area (Å²) in [6, 6.07) is 19.0. The van der Waals surface area contributed by atoms with E-state index in [1.807, 2.05) is 73.0 Å². The highest BCUT2D eigenvalue weighted by atomic mass is 32.1. The lowest BCUT2D eigenvalue weighted by Crippen LogP contribution is -2.26. The molecule has 0 saturated heterocycles. The van der Waals surface area contributed by atoms with E-state index in [4.69, 9.17) is 4.42 Å². The van der Waals surface area contributed by atoms with Crippen molar-refractivity contribution >= 4 is 28.1 Å². The Morgan fingerprint density at radius 2 is 1.63 bits per heavy atom. The monoisotopic (exact) mass is 375 g/mol. The van der Waals surface area contributed by atoms with Crippen molar-refractivity contribution in [3.05, 3.63) is 83.2 Å². The van der Waals surface area contributed by atoms with E-state index in [-0.39, 0.29) is 11.6 Å². The summed E-state index contributed by atoms with van der Waals surface area (Å²) in [5.41, 5.74) is 2.72. The Bertz CT molecular complexity index is 1070. The number of nitrogens with zero attached hydrogens (tertiary/aromatic N) is 3. The van der Waals surface area contributed by atoms with E-state index in [0.717, 1.165) is 16.9 Å². The van der Waals surface area contributed by atoms with Gasteiger partial charge in [0, 0.05) is 10.9 Å². The predicted molar refractivity (Wildman–Crippen MR) is 106 cm³/mol. The van der Waals surface area contributed by atoms with Gasteiger partial charge in [-0.25, -0.2) is 9.97 Å². The topological polar surface area (TPSA) is 59.2 Å². The molecule has 0 aliphatic rings. The Morgan fingerprint density at radius 1 is 0.963 bits per heavy atom. The van der Waals surface area contributed by atoms with E-state index >= 15 is 0 Å². The molecule has 0 N–H and O–H groups in total. The minimum absolute atomic E-state index is 0.265. The molecule has 0 aliphatic heterocycles. The van der Waals surface area contributed by atoms with Crippen LogP contribution in [0, 0.1) is 13.8 Å². The molecule has 0 fully saturated rings. The number of thiazole rings is 1. The van der Waals surface area contributed by atoms with Crippen LogP contribution in [-0.4, -0.2) is 15.9 Å². The molecule has 2 heterocycles. The van der Waals surface area contributed by atoms with Gasteiger partial charge in [-0.2, -0.15) is 0 Å². The van der Waals surface area contributed by atoms with E-state index in [1.165, 1.54) is 11.3 Å². The molecule has 4 aromatic rings. The molecule has 6 heteroatoms. The van der Waals surface area contributed by atoms with Gasteiger partial charge in [0.1, 0.15) is 5.76 Å². The number of hydrogen-bond acceptors (Lipinski definition) is 5. The number of aryl methyl sites for hydroxylation is 2. The van der Waals surface area contributed by atoms with Gasteiger partial charge in [-0.3, -0.25) is 9.69 Å². The van der Waals surface area contributed by atoms with Crippen LogP contribution in [0.25, 0.3) is 11.5 Å². The van der Waals surface area contributed by atoms with Gasteiger partial charge in [0.05, 0.1) is 11.4 Å². The largest absolute Gasteiger partial charge is 0.441 e. The second kappa shape index (κ2) is 7.17. The number of benzene rings is 2. The fourth-order valence-electron chi connectivity index (χ4n) is 2.74. The Hall–Kier alpha value is -3.25. The highest BCUT2D eigenvalue weighted by Gasteiger charge is 2.27. The molecule has 0 saturated carbocycles. The van der Waals surface area contributed by atoms with Gasteiger partial charge in [-0.05, 0) is 38.1 Å². The Balaban J connectivity index is 1.78. The van der Waals surface area contributed by atoms with Crippen LogP contribution >= 0.6 is 11.3 Å². The van der Waals surface area contributed by atoms with Crippen LogP contribution in [0.2, 0.25) is 0 Å². The number of rotatable bonds is 4. The normalized spacial score (nSPS) is 10.7. The summed E-state index contributed by atoms with van der Waals surface area (Å²) < 4.78 is 5.77. The van der Waals surface area contributed by atoms with Crippen molar-refractivity contribution in [3.63, 3.8) is 0 Å². The Kier molecular flexibility index (Phi) is 4.56. The molecule has 0 bridgehead atoms. The molecule has 134 valence electrons. The minimum Gasteiger partial charge on any atom is -0.441 e. The van der Waals surface area contributed by atoms with E-state index in [1.54, 1.807) is 11.8 Å². The number of anilines is 2. The Labute approximate surface area is 160 Å². The number of oxazole rings is 1. The van der Waals surface area contributed by atoms with Gasteiger partial charge in [0.15, 0.2) is 10.8 Å². The zero-order valence-electron chi connectivity index (χ0n) is 14.9. The van der Waals surface area contributed by atoms with Gasteiger partial charge in [0.2, 0.25) is 5.89 Å². The minimum atomic E-state index is -0.265. The van der Waals surface area contributed by atoms with Crippen LogP contribution in [0.4, 0.5) is 10.8 Å². The third kappa shape index (κ3) is 3.39. The summed E-state index contributed by atoms with van der Waals surface area (Å²) in [5.74, 6) is 0.645. The maximum absolute atomic E-state index is 13.4. The molecule has 2 aromatic heterocycles. The molecule has 2 aromatic carbocycles. The molecular formula is C21H17N3O2S. The van der Waals surface area contributed by atoms with Crippen LogP contribution in [0.15, 0.2) is 70.5 Å². The van der Waals surface area contributed by atoms with Crippen molar-refractivity contribution in [2.45, 2.75) is 13.8 Å². The zero-order valence-corrected chi connectivity index (χ0v) is 15.7. The standard InChI is InChI=1S/C21H17N3O2S/c1-14-13-27-21(22-14)24(17-11-7-4-8-12-17)20(25)18-15(2)26-19(23-18)16-9-5-3-6-10-16/h3-13H,1-2H3. The van der Waals surface area contributed by atoms with Crippen molar-refractivity contribution < 1.29 is 9.21 Å². The van der Waals surface area contributed by atoms with Crippen molar-refractivity contribution in [3.8, 4) is 11.5 Å². The summed E-state index contributed by atoms with van der Waals surface area (Å²) in [7, 11) is 0. The van der Waals surface area contributed by atoms with Gasteiger partial charge in [0.25, 0.3) is 5.91 Å². The maximum atomic E-state index is 13.4. The number of aromatic nitrogens is 2. The van der Waals surface area contributed by atoms with Crippen LogP contribution in [0.5, 0.6) is 0 Å². The average Bonchev–Trinajstić information content (AvgIpc) is 3.29. The van der Waals surface area contributed by atoms with E-state index in [0.29, 0.717) is 16.8 Å². The van der Waals surface area contributed by atoms with Gasteiger partial charge < -0.3 is 4.42 Å². The first-order chi connectivity index (χ1) is 13.1. The summed E-state index contributed by atoms with van der Waals surface area (Å²) in [6.45, 7) is 3.66. The molecular weight excluding hydrogens is 358 g/mol. The second-order valence-corrected chi connectivity index (χ2v) is 6.87. The summed E-state index contributed by atoms with van der Waals surface area (Å²) in [4.78, 5) is 23.9. The molecule has 27 heavy (non-hydrogen) atoms. The third-order valence-corrected chi connectivity index (χ3v) is 4.98. The summed E-state index contributed by atoms with van der Waals surface area (Å²) in [5, 5.41) is 2.52. The third-order valence-electron chi connectivity index (χ3n) is 4.04. The number of hydrogen-bond donors (Lipinski definition) is 0. The fraction of sp³-hybridized carbons (Fsp3) is 0.0952. The molecule has 4 rings (SSSR count). The van der Waals surface area contributed by atoms with Gasteiger partial charge in [-0.1, -0.05) is 36.4 Å². The number of amides is 1. The number of carbonyl (C=O) groups excluding carboxylic acids is 1. The lowest BCUT2D eigenvalue weighted by Gasteiger charge is -2.19. The quantitative estimate of drug-likeness (QED) is 0.480. The van der Waals surface area contributed by atoms with Gasteiger partial charge in [-0.15, -0.1) is 11.3 Å². The first-order valence-corrected chi connectivity index (χ1v) is 9.36.